The average Bonchev–Trinajstić information content (AvgIpc) is 2.97. The van der Waals surface area contributed by atoms with E-state index in [1.165, 1.54) is 18.7 Å². The highest BCUT2D eigenvalue weighted by atomic mass is 32.2. The van der Waals surface area contributed by atoms with Crippen LogP contribution < -0.4 is 4.72 Å². The summed E-state index contributed by atoms with van der Waals surface area (Å²) in [5.74, 6) is 0.775. The monoisotopic (exact) mass is 266 g/mol. The number of sulfonamides is 1. The van der Waals surface area contributed by atoms with Gasteiger partial charge in [0.05, 0.1) is 0 Å². The number of rotatable bonds is 3. The Morgan fingerprint density at radius 3 is 2.56 bits per heavy atom. The number of aromatic nitrogens is 1. The smallest absolute Gasteiger partial charge is 0.274 e. The minimum absolute atomic E-state index is 0.110. The molecule has 0 radical (unpaired) electrons. The predicted octanol–water partition coefficient (Wildman–Crippen LogP) is 0.933. The SMILES string of the molecule is O=C(NS(=O)(=O)c1ccccn1)C1C[C@@H]2C[C@@H]2C1. The summed E-state index contributed by atoms with van der Waals surface area (Å²) < 4.78 is 25.9. The fourth-order valence-electron chi connectivity index (χ4n) is 2.70. The largest absolute Gasteiger partial charge is 0.281 e. The van der Waals surface area contributed by atoms with Crippen LogP contribution in [0.3, 0.4) is 0 Å². The van der Waals surface area contributed by atoms with Crippen LogP contribution in [-0.4, -0.2) is 19.3 Å². The van der Waals surface area contributed by atoms with Crippen LogP contribution >= 0.6 is 0 Å². The van der Waals surface area contributed by atoms with Gasteiger partial charge in [-0.1, -0.05) is 6.07 Å². The van der Waals surface area contributed by atoms with E-state index in [2.05, 4.69) is 9.71 Å². The summed E-state index contributed by atoms with van der Waals surface area (Å²) >= 11 is 0. The Morgan fingerprint density at radius 2 is 1.94 bits per heavy atom. The van der Waals surface area contributed by atoms with Gasteiger partial charge in [0.1, 0.15) is 0 Å². The van der Waals surface area contributed by atoms with Crippen molar-refractivity contribution in [1.82, 2.24) is 9.71 Å². The molecule has 2 fully saturated rings. The zero-order valence-corrected chi connectivity index (χ0v) is 10.6. The minimum Gasteiger partial charge on any atom is -0.274 e. The first kappa shape index (κ1) is 11.6. The number of nitrogens with zero attached hydrogens (tertiary/aromatic N) is 1. The van der Waals surface area contributed by atoms with E-state index in [4.69, 9.17) is 0 Å². The van der Waals surface area contributed by atoms with Crippen molar-refractivity contribution in [3.05, 3.63) is 24.4 Å². The molecule has 0 saturated heterocycles. The van der Waals surface area contributed by atoms with Gasteiger partial charge in [0, 0.05) is 12.1 Å². The van der Waals surface area contributed by atoms with Crippen LogP contribution in [0.1, 0.15) is 19.3 Å². The van der Waals surface area contributed by atoms with Crippen molar-refractivity contribution in [2.24, 2.45) is 17.8 Å². The van der Waals surface area contributed by atoms with Crippen LogP contribution in [0, 0.1) is 17.8 Å². The topological polar surface area (TPSA) is 76.1 Å². The van der Waals surface area contributed by atoms with Crippen LogP contribution in [-0.2, 0) is 14.8 Å². The van der Waals surface area contributed by atoms with Gasteiger partial charge in [0.25, 0.3) is 10.0 Å². The Bertz CT molecular complexity index is 560. The Morgan fingerprint density at radius 1 is 1.22 bits per heavy atom. The summed E-state index contributed by atoms with van der Waals surface area (Å²) in [4.78, 5) is 15.6. The van der Waals surface area contributed by atoms with Gasteiger partial charge in [-0.25, -0.2) is 9.71 Å². The summed E-state index contributed by atoms with van der Waals surface area (Å²) in [5.41, 5.74) is 0. The first-order valence-corrected chi connectivity index (χ1v) is 7.52. The van der Waals surface area contributed by atoms with E-state index < -0.39 is 10.0 Å². The number of nitrogens with one attached hydrogen (secondary N) is 1. The third-order valence-electron chi connectivity index (χ3n) is 3.76. The third-order valence-corrected chi connectivity index (χ3v) is 5.02. The number of hydrogen-bond acceptors (Lipinski definition) is 4. The average molecular weight is 266 g/mol. The maximum atomic E-state index is 11.9. The molecule has 2 aliphatic rings. The van der Waals surface area contributed by atoms with Crippen molar-refractivity contribution < 1.29 is 13.2 Å². The second-order valence-electron chi connectivity index (χ2n) is 5.06. The lowest BCUT2D eigenvalue weighted by molar-refractivity contribution is -0.123. The molecule has 1 unspecified atom stereocenters. The van der Waals surface area contributed by atoms with Crippen molar-refractivity contribution in [2.75, 3.05) is 0 Å². The molecular weight excluding hydrogens is 252 g/mol. The summed E-state index contributed by atoms with van der Waals surface area (Å²) in [5, 5.41) is -0.110. The van der Waals surface area contributed by atoms with Gasteiger partial charge < -0.3 is 0 Å². The molecule has 0 bridgehead atoms. The van der Waals surface area contributed by atoms with Gasteiger partial charge in [-0.2, -0.15) is 8.42 Å². The number of fused-ring (bicyclic) bond motifs is 1. The summed E-state index contributed by atoms with van der Waals surface area (Å²) in [6, 6.07) is 4.59. The molecule has 0 aliphatic heterocycles. The maximum absolute atomic E-state index is 11.9. The van der Waals surface area contributed by atoms with Crippen molar-refractivity contribution in [3.8, 4) is 0 Å². The van der Waals surface area contributed by atoms with Crippen molar-refractivity contribution >= 4 is 15.9 Å². The standard InChI is InChI=1S/C12H14N2O3S/c15-12(10-6-8-5-9(8)7-10)14-18(16,17)11-3-1-2-4-13-11/h1-4,8-10H,5-7H2,(H,14,15)/t8-,9+,10?. The Balaban J connectivity index is 1.70. The molecule has 0 aromatic carbocycles. The molecule has 3 rings (SSSR count). The quantitative estimate of drug-likeness (QED) is 0.883. The summed E-state index contributed by atoms with van der Waals surface area (Å²) in [6.07, 6.45) is 4.25. The highest BCUT2D eigenvalue weighted by Gasteiger charge is 2.48. The molecule has 1 amide bonds. The fraction of sp³-hybridized carbons (Fsp3) is 0.500. The molecule has 0 spiro atoms. The second kappa shape index (κ2) is 4.05. The van der Waals surface area contributed by atoms with Crippen LogP contribution in [0.25, 0.3) is 0 Å². The fourth-order valence-corrected chi connectivity index (χ4v) is 3.70. The molecule has 1 aromatic rings. The molecule has 1 aromatic heterocycles. The summed E-state index contributed by atoms with van der Waals surface area (Å²) in [6.45, 7) is 0. The van der Waals surface area contributed by atoms with Crippen molar-refractivity contribution in [2.45, 2.75) is 24.3 Å². The number of hydrogen-bond donors (Lipinski definition) is 1. The molecule has 2 aliphatic carbocycles. The van der Waals surface area contributed by atoms with E-state index in [-0.39, 0.29) is 16.9 Å². The van der Waals surface area contributed by atoms with Crippen LogP contribution in [0.15, 0.2) is 29.4 Å². The van der Waals surface area contributed by atoms with E-state index >= 15 is 0 Å². The van der Waals surface area contributed by atoms with E-state index in [0.29, 0.717) is 11.8 Å². The minimum atomic E-state index is -3.81. The number of pyridine rings is 1. The zero-order chi connectivity index (χ0) is 12.8. The van der Waals surface area contributed by atoms with Gasteiger partial charge in [0.15, 0.2) is 5.03 Å². The Labute approximate surface area is 106 Å². The Kier molecular flexibility index (Phi) is 2.62. The molecule has 6 heteroatoms. The molecule has 5 nitrogen and oxygen atoms in total. The first-order chi connectivity index (χ1) is 8.56. The lowest BCUT2D eigenvalue weighted by atomic mass is 10.0. The Hall–Kier alpha value is -1.43. The number of carbonyl (C=O) groups is 1. The van der Waals surface area contributed by atoms with Gasteiger partial charge in [0.2, 0.25) is 5.91 Å². The summed E-state index contributed by atoms with van der Waals surface area (Å²) in [7, 11) is -3.81. The van der Waals surface area contributed by atoms with E-state index in [0.717, 1.165) is 12.8 Å². The van der Waals surface area contributed by atoms with E-state index in [1.807, 2.05) is 0 Å². The van der Waals surface area contributed by atoms with E-state index in [9.17, 15) is 13.2 Å². The highest BCUT2D eigenvalue weighted by molar-refractivity contribution is 7.90. The third kappa shape index (κ3) is 2.12. The van der Waals surface area contributed by atoms with E-state index in [1.54, 1.807) is 12.1 Å². The molecular formula is C12H14N2O3S. The zero-order valence-electron chi connectivity index (χ0n) is 9.74. The molecule has 2 saturated carbocycles. The lowest BCUT2D eigenvalue weighted by Crippen LogP contribution is -2.35. The molecule has 1 heterocycles. The molecule has 18 heavy (non-hydrogen) atoms. The van der Waals surface area contributed by atoms with Gasteiger partial charge >= 0.3 is 0 Å². The lowest BCUT2D eigenvalue weighted by Gasteiger charge is -2.12. The second-order valence-corrected chi connectivity index (χ2v) is 6.69. The number of carbonyl (C=O) groups excluding carboxylic acids is 1. The highest BCUT2D eigenvalue weighted by Crippen LogP contribution is 2.54. The maximum Gasteiger partial charge on any atom is 0.281 e. The first-order valence-electron chi connectivity index (χ1n) is 6.04. The van der Waals surface area contributed by atoms with Crippen LogP contribution in [0.5, 0.6) is 0 Å². The van der Waals surface area contributed by atoms with Crippen LogP contribution in [0.2, 0.25) is 0 Å². The molecule has 1 N–H and O–H groups in total. The van der Waals surface area contributed by atoms with Crippen molar-refractivity contribution in [3.63, 3.8) is 0 Å². The number of amides is 1. The van der Waals surface area contributed by atoms with Gasteiger partial charge in [-0.15, -0.1) is 0 Å². The van der Waals surface area contributed by atoms with Gasteiger partial charge in [-0.3, -0.25) is 4.79 Å². The molecule has 3 atom stereocenters. The predicted molar refractivity (Wildman–Crippen MR) is 63.9 cm³/mol. The van der Waals surface area contributed by atoms with Gasteiger partial charge in [-0.05, 0) is 43.2 Å². The normalized spacial score (nSPS) is 29.7. The van der Waals surface area contributed by atoms with Crippen LogP contribution in [0.4, 0.5) is 0 Å². The van der Waals surface area contributed by atoms with Crippen molar-refractivity contribution in [1.29, 1.82) is 0 Å². The molecule has 96 valence electrons.